The van der Waals surface area contributed by atoms with Gasteiger partial charge < -0.3 is 19.6 Å². The number of rotatable bonds is 18. The maximum Gasteiger partial charge on any atom is 0.0462 e. The molecule has 332 valence electrons. The number of benzene rings is 8. The second-order valence-corrected chi connectivity index (χ2v) is 16.6. The van der Waals surface area contributed by atoms with Crippen LogP contribution in [0.2, 0.25) is 0 Å². The summed E-state index contributed by atoms with van der Waals surface area (Å²) in [6.07, 6.45) is 13.7. The van der Waals surface area contributed by atoms with Crippen molar-refractivity contribution in [3.05, 3.63) is 241 Å². The topological polar surface area (TPSA) is 13.0 Å². The Labute approximate surface area is 395 Å². The Morgan fingerprint density at radius 3 is 0.788 bits per heavy atom. The first-order chi connectivity index (χ1) is 32.5. The summed E-state index contributed by atoms with van der Waals surface area (Å²) in [6, 6.07) is 77.0. The lowest BCUT2D eigenvalue weighted by atomic mass is 10.1. The molecule has 0 aliphatic carbocycles. The van der Waals surface area contributed by atoms with Crippen molar-refractivity contribution in [1.82, 2.24) is 0 Å². The maximum absolute atomic E-state index is 2.53. The van der Waals surface area contributed by atoms with Crippen LogP contribution < -0.4 is 19.6 Å². The van der Waals surface area contributed by atoms with E-state index in [-0.39, 0.29) is 0 Å². The second-order valence-electron chi connectivity index (χ2n) is 16.6. The van der Waals surface area contributed by atoms with Crippen LogP contribution in [0.5, 0.6) is 0 Å². The van der Waals surface area contributed by atoms with Gasteiger partial charge in [-0.25, -0.2) is 0 Å². The zero-order valence-electron chi connectivity index (χ0n) is 39.1. The summed E-state index contributed by atoms with van der Waals surface area (Å²) < 4.78 is 0. The number of para-hydroxylation sites is 4. The molecule has 66 heavy (non-hydrogen) atoms. The van der Waals surface area contributed by atoms with Crippen LogP contribution in [0.4, 0.5) is 45.5 Å². The molecule has 8 aromatic rings. The Morgan fingerprint density at radius 1 is 0.288 bits per heavy atom. The summed E-state index contributed by atoms with van der Waals surface area (Å²) in [5.74, 6) is 0. The Balaban J connectivity index is 0.000000217. The van der Waals surface area contributed by atoms with Crippen molar-refractivity contribution in [1.29, 1.82) is 0 Å². The van der Waals surface area contributed by atoms with Gasteiger partial charge in [-0.05, 0) is 132 Å². The highest BCUT2D eigenvalue weighted by Gasteiger charge is 2.13. The van der Waals surface area contributed by atoms with Crippen molar-refractivity contribution in [3.8, 4) is 0 Å². The van der Waals surface area contributed by atoms with Gasteiger partial charge in [0.25, 0.3) is 0 Å². The number of anilines is 8. The van der Waals surface area contributed by atoms with Crippen molar-refractivity contribution >= 4 is 69.8 Å². The van der Waals surface area contributed by atoms with Crippen LogP contribution in [0.15, 0.2) is 218 Å². The molecular weight excluding hydrogens is 801 g/mol. The van der Waals surface area contributed by atoms with E-state index in [9.17, 15) is 0 Å². The highest BCUT2D eigenvalue weighted by atomic mass is 15.1. The zero-order chi connectivity index (χ0) is 45.8. The summed E-state index contributed by atoms with van der Waals surface area (Å²) in [7, 11) is 4.13. The van der Waals surface area contributed by atoms with E-state index in [0.29, 0.717) is 0 Å². The minimum atomic E-state index is 1.13. The predicted molar refractivity (Wildman–Crippen MR) is 289 cm³/mol. The molecule has 0 spiro atoms. The van der Waals surface area contributed by atoms with E-state index < -0.39 is 0 Å². The van der Waals surface area contributed by atoms with Gasteiger partial charge in [0.05, 0.1) is 0 Å². The number of unbranched alkanes of at least 4 members (excludes halogenated alkanes) is 2. The van der Waals surface area contributed by atoms with E-state index >= 15 is 0 Å². The minimum Gasteiger partial charge on any atom is -0.378 e. The molecule has 8 rings (SSSR count). The molecular formula is C62H64N4. The average Bonchev–Trinajstić information content (AvgIpc) is 3.38. The van der Waals surface area contributed by atoms with E-state index in [1.807, 2.05) is 24.3 Å². The van der Waals surface area contributed by atoms with Crippen LogP contribution in [-0.4, -0.2) is 27.2 Å². The van der Waals surface area contributed by atoms with Gasteiger partial charge in [0, 0.05) is 72.7 Å². The molecule has 0 amide bonds. The monoisotopic (exact) mass is 865 g/mol. The van der Waals surface area contributed by atoms with Crippen molar-refractivity contribution in [2.45, 2.75) is 39.5 Å². The largest absolute Gasteiger partial charge is 0.378 e. The molecule has 0 N–H and O–H groups in total. The van der Waals surface area contributed by atoms with Gasteiger partial charge in [-0.2, -0.15) is 0 Å². The fourth-order valence-corrected chi connectivity index (χ4v) is 7.80. The molecule has 4 nitrogen and oxygen atoms in total. The maximum atomic E-state index is 2.53. The van der Waals surface area contributed by atoms with Crippen LogP contribution in [0.1, 0.15) is 61.8 Å². The molecule has 0 heterocycles. The summed E-state index contributed by atoms with van der Waals surface area (Å²) in [5.41, 5.74) is 14.2. The van der Waals surface area contributed by atoms with Gasteiger partial charge >= 0.3 is 0 Å². The highest BCUT2D eigenvalue weighted by Crippen LogP contribution is 2.36. The van der Waals surface area contributed by atoms with E-state index in [2.05, 4.69) is 266 Å². The Hall–Kier alpha value is -7.56. The molecule has 0 aliphatic heterocycles. The van der Waals surface area contributed by atoms with Crippen LogP contribution in [0.3, 0.4) is 0 Å². The van der Waals surface area contributed by atoms with Crippen LogP contribution >= 0.6 is 0 Å². The third-order valence-electron chi connectivity index (χ3n) is 11.5. The van der Waals surface area contributed by atoms with Gasteiger partial charge in [-0.3, -0.25) is 0 Å². The Kier molecular flexibility index (Phi) is 17.2. The van der Waals surface area contributed by atoms with Crippen molar-refractivity contribution in [2.75, 3.05) is 46.8 Å². The molecule has 0 aromatic heterocycles. The van der Waals surface area contributed by atoms with Crippen molar-refractivity contribution in [3.63, 3.8) is 0 Å². The Morgan fingerprint density at radius 2 is 0.530 bits per heavy atom. The quantitative estimate of drug-likeness (QED) is 0.0797. The van der Waals surface area contributed by atoms with Crippen LogP contribution in [0, 0.1) is 0 Å². The summed E-state index contributed by atoms with van der Waals surface area (Å²) in [4.78, 5) is 9.20. The first-order valence-electron chi connectivity index (χ1n) is 23.5. The molecule has 0 radical (unpaired) electrons. The normalized spacial score (nSPS) is 11.0. The fourth-order valence-electron chi connectivity index (χ4n) is 7.80. The molecule has 0 saturated carbocycles. The summed E-state index contributed by atoms with van der Waals surface area (Å²) in [5, 5.41) is 0. The smallest absolute Gasteiger partial charge is 0.0462 e. The van der Waals surface area contributed by atoms with E-state index in [4.69, 9.17) is 0 Å². The molecule has 8 aromatic carbocycles. The van der Waals surface area contributed by atoms with Crippen LogP contribution in [-0.2, 0) is 0 Å². The second kappa shape index (κ2) is 24.5. The SMILES string of the molecule is C(=C\c1ccc(N(c2ccccc2)c2ccccc2)cc1)/c1ccc(N(c2ccccc2)c2ccccc2)cc1.CCCCN(CCCC)c1ccc(/C=C/c2ccc(N(C)C)cc2)cc1. The van der Waals surface area contributed by atoms with Gasteiger partial charge in [0.15, 0.2) is 0 Å². The zero-order valence-corrected chi connectivity index (χ0v) is 39.1. The van der Waals surface area contributed by atoms with Crippen molar-refractivity contribution < 1.29 is 0 Å². The molecule has 0 aliphatic rings. The molecule has 0 fully saturated rings. The fraction of sp³-hybridized carbons (Fsp3) is 0.161. The van der Waals surface area contributed by atoms with Gasteiger partial charge in [-0.1, -0.05) is 172 Å². The number of hydrogen-bond donors (Lipinski definition) is 0. The standard InChI is InChI=1S/C38H30N2.C24H34N2/c1-5-13-33(14-6-1)39(34-15-7-2-8-16-34)37-27-23-31(24-28-37)21-22-32-25-29-38(30-26-32)40(35-17-9-3-10-18-35)36-19-11-4-12-20-36;1-5-7-19-26(20-8-6-2)24-17-13-22(14-18-24)10-9-21-11-15-23(16-12-21)25(3)4/h1-30H;9-18H,5-8,19-20H2,1-4H3/b22-21+;10-9+. The average molecular weight is 865 g/mol. The predicted octanol–water partition coefficient (Wildman–Crippen LogP) is 17.1. The van der Waals surface area contributed by atoms with E-state index in [0.717, 1.165) is 58.3 Å². The third-order valence-corrected chi connectivity index (χ3v) is 11.5. The van der Waals surface area contributed by atoms with E-state index in [1.54, 1.807) is 0 Å². The van der Waals surface area contributed by atoms with Crippen LogP contribution in [0.25, 0.3) is 24.3 Å². The molecule has 0 unspecified atom stereocenters. The van der Waals surface area contributed by atoms with Crippen molar-refractivity contribution in [2.24, 2.45) is 0 Å². The third kappa shape index (κ3) is 13.2. The van der Waals surface area contributed by atoms with Gasteiger partial charge in [0.2, 0.25) is 0 Å². The number of hydrogen-bond acceptors (Lipinski definition) is 4. The lowest BCUT2D eigenvalue weighted by Gasteiger charge is -2.25. The minimum absolute atomic E-state index is 1.13. The molecule has 0 bridgehead atoms. The molecule has 4 heteroatoms. The lowest BCUT2D eigenvalue weighted by molar-refractivity contribution is 0.678. The first-order valence-corrected chi connectivity index (χ1v) is 23.5. The van der Waals surface area contributed by atoms with E-state index in [1.165, 1.54) is 48.2 Å². The summed E-state index contributed by atoms with van der Waals surface area (Å²) >= 11 is 0. The first kappa shape index (κ1) is 46.4. The highest BCUT2D eigenvalue weighted by molar-refractivity contribution is 5.80. The molecule has 0 saturated heterocycles. The lowest BCUT2D eigenvalue weighted by Crippen LogP contribution is -2.25. The van der Waals surface area contributed by atoms with Gasteiger partial charge in [-0.15, -0.1) is 0 Å². The summed E-state index contributed by atoms with van der Waals surface area (Å²) in [6.45, 7) is 6.84. The Bertz CT molecular complexity index is 2420. The number of nitrogens with zero attached hydrogens (tertiary/aromatic N) is 4. The molecule has 0 atom stereocenters. The van der Waals surface area contributed by atoms with Gasteiger partial charge in [0.1, 0.15) is 0 Å².